The summed E-state index contributed by atoms with van der Waals surface area (Å²) in [4.78, 5) is 6.92. The molecule has 12 heavy (non-hydrogen) atoms. The number of aromatic amines is 1. The number of benzene rings is 1. The molecule has 2 rings (SSSR count). The van der Waals surface area contributed by atoms with E-state index < -0.39 is 0 Å². The Labute approximate surface area is 77.6 Å². The molecular formula is C8H7BrN2O. The second-order valence-electron chi connectivity index (χ2n) is 2.55. The zero-order valence-corrected chi connectivity index (χ0v) is 7.80. The predicted molar refractivity (Wildman–Crippen MR) is 50.4 cm³/mol. The number of phenols is 1. The van der Waals surface area contributed by atoms with Gasteiger partial charge in [0.1, 0.15) is 11.3 Å². The number of imidazole rings is 1. The summed E-state index contributed by atoms with van der Waals surface area (Å²) in [7, 11) is 0. The van der Waals surface area contributed by atoms with Gasteiger partial charge in [-0.15, -0.1) is 0 Å². The van der Waals surface area contributed by atoms with Crippen molar-refractivity contribution in [2.75, 3.05) is 0 Å². The average molecular weight is 227 g/mol. The Hall–Kier alpha value is -1.03. The number of H-pyrrole nitrogens is 1. The number of nitrogens with one attached hydrogen (secondary N) is 1. The molecule has 2 aromatic rings. The lowest BCUT2D eigenvalue weighted by molar-refractivity contribution is 0.480. The van der Waals surface area contributed by atoms with Gasteiger partial charge in [-0.05, 0) is 17.7 Å². The van der Waals surface area contributed by atoms with Crippen molar-refractivity contribution in [3.05, 3.63) is 24.0 Å². The summed E-state index contributed by atoms with van der Waals surface area (Å²) in [5, 5.41) is 10.2. The lowest BCUT2D eigenvalue weighted by Crippen LogP contribution is -1.78. The van der Waals surface area contributed by atoms with Gasteiger partial charge in [0.15, 0.2) is 0 Å². The molecule has 1 heterocycles. The van der Waals surface area contributed by atoms with Crippen molar-refractivity contribution >= 4 is 27.0 Å². The minimum absolute atomic E-state index is 0.225. The molecular weight excluding hydrogens is 220 g/mol. The van der Waals surface area contributed by atoms with Crippen molar-refractivity contribution in [3.63, 3.8) is 0 Å². The molecule has 1 aromatic carbocycles. The number of alkyl halides is 1. The van der Waals surface area contributed by atoms with Crippen LogP contribution in [-0.2, 0) is 5.33 Å². The molecule has 0 bridgehead atoms. The van der Waals surface area contributed by atoms with Gasteiger partial charge in [0.2, 0.25) is 0 Å². The second-order valence-corrected chi connectivity index (χ2v) is 3.11. The highest BCUT2D eigenvalue weighted by Gasteiger charge is 2.03. The van der Waals surface area contributed by atoms with E-state index in [1.165, 1.54) is 0 Å². The van der Waals surface area contributed by atoms with Gasteiger partial charge in [-0.1, -0.05) is 15.9 Å². The van der Waals surface area contributed by atoms with E-state index >= 15 is 0 Å². The third-order valence-electron chi connectivity index (χ3n) is 1.72. The molecule has 62 valence electrons. The zero-order valence-electron chi connectivity index (χ0n) is 6.21. The summed E-state index contributed by atoms with van der Waals surface area (Å²) in [6.07, 6.45) is 1.57. The van der Waals surface area contributed by atoms with Crippen molar-refractivity contribution < 1.29 is 5.11 Å². The number of hydrogen-bond acceptors (Lipinski definition) is 2. The largest absolute Gasteiger partial charge is 0.506 e. The molecule has 0 saturated heterocycles. The van der Waals surface area contributed by atoms with Crippen LogP contribution < -0.4 is 0 Å². The van der Waals surface area contributed by atoms with Crippen LogP contribution in [0.2, 0.25) is 0 Å². The van der Waals surface area contributed by atoms with Crippen LogP contribution in [0.25, 0.3) is 11.0 Å². The molecule has 2 N–H and O–H groups in total. The lowest BCUT2D eigenvalue weighted by atomic mass is 10.2. The molecule has 0 saturated carbocycles. The Kier molecular flexibility index (Phi) is 1.77. The van der Waals surface area contributed by atoms with Crippen LogP contribution in [0.3, 0.4) is 0 Å². The Bertz CT molecular complexity index is 410. The van der Waals surface area contributed by atoms with E-state index in [9.17, 15) is 5.11 Å². The molecule has 1 aromatic heterocycles. The molecule has 0 atom stereocenters. The number of aromatic nitrogens is 2. The van der Waals surface area contributed by atoms with Crippen molar-refractivity contribution in [2.45, 2.75) is 5.33 Å². The van der Waals surface area contributed by atoms with Gasteiger partial charge in [0.25, 0.3) is 0 Å². The molecule has 4 heteroatoms. The Morgan fingerprint density at radius 1 is 1.50 bits per heavy atom. The Morgan fingerprint density at radius 2 is 2.33 bits per heavy atom. The minimum Gasteiger partial charge on any atom is -0.506 e. The van der Waals surface area contributed by atoms with Crippen molar-refractivity contribution in [3.8, 4) is 5.75 Å². The fraction of sp³-hybridized carbons (Fsp3) is 0.125. The standard InChI is InChI=1S/C8H7BrN2O/c9-3-5-1-6-8(7(12)2-5)11-4-10-6/h1-2,4,12H,3H2,(H,10,11). The van der Waals surface area contributed by atoms with Crippen molar-refractivity contribution in [1.29, 1.82) is 0 Å². The van der Waals surface area contributed by atoms with E-state index in [0.29, 0.717) is 5.52 Å². The third kappa shape index (κ3) is 1.08. The highest BCUT2D eigenvalue weighted by molar-refractivity contribution is 9.08. The van der Waals surface area contributed by atoms with E-state index in [2.05, 4.69) is 25.9 Å². The number of rotatable bonds is 1. The van der Waals surface area contributed by atoms with E-state index in [-0.39, 0.29) is 5.75 Å². The zero-order chi connectivity index (χ0) is 8.55. The van der Waals surface area contributed by atoms with Gasteiger partial charge in [0, 0.05) is 5.33 Å². The van der Waals surface area contributed by atoms with Crippen molar-refractivity contribution in [1.82, 2.24) is 9.97 Å². The maximum absolute atomic E-state index is 9.47. The molecule has 0 unspecified atom stereocenters. The highest BCUT2D eigenvalue weighted by atomic mass is 79.9. The second kappa shape index (κ2) is 2.79. The Balaban J connectivity index is 2.75. The van der Waals surface area contributed by atoms with Crippen LogP contribution in [0, 0.1) is 0 Å². The predicted octanol–water partition coefficient (Wildman–Crippen LogP) is 2.16. The highest BCUT2D eigenvalue weighted by Crippen LogP contribution is 2.24. The summed E-state index contributed by atoms with van der Waals surface area (Å²) in [6, 6.07) is 3.66. The number of fused-ring (bicyclic) bond motifs is 1. The first-order valence-corrected chi connectivity index (χ1v) is 4.64. The third-order valence-corrected chi connectivity index (χ3v) is 2.37. The van der Waals surface area contributed by atoms with E-state index in [1.807, 2.05) is 6.07 Å². The van der Waals surface area contributed by atoms with E-state index in [1.54, 1.807) is 12.4 Å². The molecule has 0 spiro atoms. The quantitative estimate of drug-likeness (QED) is 0.733. The fourth-order valence-corrected chi connectivity index (χ4v) is 1.49. The van der Waals surface area contributed by atoms with Gasteiger partial charge >= 0.3 is 0 Å². The van der Waals surface area contributed by atoms with Crippen LogP contribution in [0.1, 0.15) is 5.56 Å². The number of halogens is 1. The smallest absolute Gasteiger partial charge is 0.143 e. The SMILES string of the molecule is Oc1cc(CBr)cc2[nH]cnc12. The maximum Gasteiger partial charge on any atom is 0.143 e. The van der Waals surface area contributed by atoms with Crippen molar-refractivity contribution in [2.24, 2.45) is 0 Å². The Morgan fingerprint density at radius 3 is 3.08 bits per heavy atom. The molecule has 0 aliphatic rings. The van der Waals surface area contributed by atoms with E-state index in [4.69, 9.17) is 0 Å². The van der Waals surface area contributed by atoms with Crippen LogP contribution in [0.15, 0.2) is 18.5 Å². The normalized spacial score (nSPS) is 10.8. The van der Waals surface area contributed by atoms with Gasteiger partial charge in [-0.25, -0.2) is 4.98 Å². The van der Waals surface area contributed by atoms with Crippen LogP contribution in [0.4, 0.5) is 0 Å². The fourth-order valence-electron chi connectivity index (χ4n) is 1.17. The first-order chi connectivity index (χ1) is 5.81. The van der Waals surface area contributed by atoms with Gasteiger partial charge in [-0.3, -0.25) is 0 Å². The van der Waals surface area contributed by atoms with Crippen LogP contribution >= 0.6 is 15.9 Å². The van der Waals surface area contributed by atoms with Gasteiger partial charge < -0.3 is 10.1 Å². The first-order valence-electron chi connectivity index (χ1n) is 3.52. The molecule has 0 fully saturated rings. The number of hydrogen-bond donors (Lipinski definition) is 2. The summed E-state index contributed by atoms with van der Waals surface area (Å²) in [5.41, 5.74) is 2.52. The molecule has 0 amide bonds. The van der Waals surface area contributed by atoms with Crippen LogP contribution in [0.5, 0.6) is 5.75 Å². The number of aromatic hydroxyl groups is 1. The number of phenolic OH excluding ortho intramolecular Hbond substituents is 1. The summed E-state index contributed by atoms with van der Waals surface area (Å²) in [6.45, 7) is 0. The summed E-state index contributed by atoms with van der Waals surface area (Å²) in [5.74, 6) is 0.225. The van der Waals surface area contributed by atoms with E-state index in [0.717, 1.165) is 16.4 Å². The molecule has 0 radical (unpaired) electrons. The minimum atomic E-state index is 0.225. The lowest BCUT2D eigenvalue weighted by Gasteiger charge is -1.97. The summed E-state index contributed by atoms with van der Waals surface area (Å²) >= 11 is 3.32. The van der Waals surface area contributed by atoms with Gasteiger partial charge in [-0.2, -0.15) is 0 Å². The average Bonchev–Trinajstić information content (AvgIpc) is 2.52. The van der Waals surface area contributed by atoms with Crippen LogP contribution in [-0.4, -0.2) is 15.1 Å². The molecule has 0 aliphatic carbocycles. The monoisotopic (exact) mass is 226 g/mol. The first kappa shape index (κ1) is 7.61. The number of nitrogens with zero attached hydrogens (tertiary/aromatic N) is 1. The maximum atomic E-state index is 9.47. The molecule has 0 aliphatic heterocycles. The summed E-state index contributed by atoms with van der Waals surface area (Å²) < 4.78 is 0. The molecule has 3 nitrogen and oxygen atoms in total. The topological polar surface area (TPSA) is 48.9 Å². The van der Waals surface area contributed by atoms with Gasteiger partial charge in [0.05, 0.1) is 11.8 Å².